The van der Waals surface area contributed by atoms with Gasteiger partial charge in [0.25, 0.3) is 0 Å². The predicted octanol–water partition coefficient (Wildman–Crippen LogP) is 1.80. The number of aromatic nitrogens is 2. The molecule has 5 heteroatoms. The first kappa shape index (κ1) is 13.1. The number of hydrogen-bond donors (Lipinski definition) is 2. The average Bonchev–Trinajstić information content (AvgIpc) is 2.37. The van der Waals surface area contributed by atoms with Gasteiger partial charge in [0.05, 0.1) is 6.61 Å². The van der Waals surface area contributed by atoms with E-state index in [0.717, 1.165) is 18.8 Å². The molecule has 1 aliphatic carbocycles. The number of ether oxygens (including phenoxy) is 1. The maximum absolute atomic E-state index is 5.98. The molecule has 1 aromatic heterocycles. The minimum Gasteiger partial charge on any atom is -0.478 e. The van der Waals surface area contributed by atoms with Crippen molar-refractivity contribution in [2.24, 2.45) is 11.7 Å². The molecule has 18 heavy (non-hydrogen) atoms. The smallest absolute Gasteiger partial charge is 0.218 e. The lowest BCUT2D eigenvalue weighted by Gasteiger charge is -2.26. The fourth-order valence-corrected chi connectivity index (χ4v) is 2.43. The van der Waals surface area contributed by atoms with Gasteiger partial charge in [0.1, 0.15) is 12.1 Å². The first-order valence-corrected chi connectivity index (χ1v) is 6.72. The second kappa shape index (κ2) is 6.54. The molecule has 1 aliphatic rings. The van der Waals surface area contributed by atoms with E-state index in [1.54, 1.807) is 0 Å². The van der Waals surface area contributed by atoms with Crippen molar-refractivity contribution in [2.45, 2.75) is 38.6 Å². The fourth-order valence-electron chi connectivity index (χ4n) is 2.43. The molecule has 0 spiro atoms. The molecule has 0 bridgehead atoms. The Hall–Kier alpha value is -1.36. The molecule has 1 heterocycles. The Kier molecular flexibility index (Phi) is 4.75. The topological polar surface area (TPSA) is 73.1 Å². The van der Waals surface area contributed by atoms with Gasteiger partial charge in [0.15, 0.2) is 0 Å². The van der Waals surface area contributed by atoms with Crippen molar-refractivity contribution in [1.82, 2.24) is 9.97 Å². The third-order valence-electron chi connectivity index (χ3n) is 3.33. The Balaban J connectivity index is 1.83. The van der Waals surface area contributed by atoms with E-state index in [9.17, 15) is 0 Å². The highest BCUT2D eigenvalue weighted by atomic mass is 16.5. The second-order valence-electron chi connectivity index (χ2n) is 4.85. The molecule has 0 amide bonds. The van der Waals surface area contributed by atoms with Crippen molar-refractivity contribution >= 4 is 5.82 Å². The van der Waals surface area contributed by atoms with Crippen LogP contribution in [0.3, 0.4) is 0 Å². The standard InChI is InChI=1S/C13H22N4O/c1-2-18-13-7-12(16-9-17-13)15-8-10-4-3-5-11(14)6-10/h7,9-11H,2-6,8,14H2,1H3,(H,15,16,17). The van der Waals surface area contributed by atoms with Gasteiger partial charge in [-0.2, -0.15) is 0 Å². The lowest BCUT2D eigenvalue weighted by Crippen LogP contribution is -2.31. The van der Waals surface area contributed by atoms with E-state index < -0.39 is 0 Å². The van der Waals surface area contributed by atoms with E-state index in [1.807, 2.05) is 13.0 Å². The van der Waals surface area contributed by atoms with Crippen molar-refractivity contribution in [2.75, 3.05) is 18.5 Å². The number of rotatable bonds is 5. The lowest BCUT2D eigenvalue weighted by atomic mass is 9.86. The quantitative estimate of drug-likeness (QED) is 0.833. The van der Waals surface area contributed by atoms with E-state index >= 15 is 0 Å². The van der Waals surface area contributed by atoms with E-state index in [2.05, 4.69) is 15.3 Å². The second-order valence-corrected chi connectivity index (χ2v) is 4.85. The SMILES string of the molecule is CCOc1cc(NCC2CCCC(N)C2)ncn1. The Labute approximate surface area is 108 Å². The highest BCUT2D eigenvalue weighted by Crippen LogP contribution is 2.23. The van der Waals surface area contributed by atoms with Crippen LogP contribution in [0.15, 0.2) is 12.4 Å². The zero-order valence-corrected chi connectivity index (χ0v) is 10.9. The Morgan fingerprint density at radius 3 is 3.11 bits per heavy atom. The number of nitrogens with two attached hydrogens (primary N) is 1. The molecule has 0 aliphatic heterocycles. The van der Waals surface area contributed by atoms with Gasteiger partial charge in [0, 0.05) is 18.7 Å². The largest absolute Gasteiger partial charge is 0.478 e. The van der Waals surface area contributed by atoms with Gasteiger partial charge < -0.3 is 15.8 Å². The molecule has 1 aromatic rings. The third kappa shape index (κ3) is 3.84. The van der Waals surface area contributed by atoms with Crippen LogP contribution in [0, 0.1) is 5.92 Å². The van der Waals surface area contributed by atoms with Crippen LogP contribution in [0.5, 0.6) is 5.88 Å². The van der Waals surface area contributed by atoms with Crippen molar-refractivity contribution in [3.05, 3.63) is 12.4 Å². The molecule has 5 nitrogen and oxygen atoms in total. The minimum absolute atomic E-state index is 0.370. The molecule has 1 saturated carbocycles. The molecule has 3 N–H and O–H groups in total. The molecule has 2 unspecified atom stereocenters. The molecule has 0 saturated heterocycles. The molecule has 0 aromatic carbocycles. The van der Waals surface area contributed by atoms with Crippen LogP contribution in [-0.2, 0) is 0 Å². The summed E-state index contributed by atoms with van der Waals surface area (Å²) in [6.45, 7) is 3.49. The summed E-state index contributed by atoms with van der Waals surface area (Å²) in [5.41, 5.74) is 5.98. The van der Waals surface area contributed by atoms with Gasteiger partial charge >= 0.3 is 0 Å². The van der Waals surface area contributed by atoms with Crippen LogP contribution >= 0.6 is 0 Å². The van der Waals surface area contributed by atoms with Crippen LogP contribution in [0.4, 0.5) is 5.82 Å². The summed E-state index contributed by atoms with van der Waals surface area (Å²) in [5.74, 6) is 2.10. The lowest BCUT2D eigenvalue weighted by molar-refractivity contribution is 0.325. The Bertz CT molecular complexity index is 372. The van der Waals surface area contributed by atoms with E-state index in [-0.39, 0.29) is 0 Å². The normalized spacial score (nSPS) is 23.7. The molecule has 100 valence electrons. The highest BCUT2D eigenvalue weighted by Gasteiger charge is 2.18. The van der Waals surface area contributed by atoms with Gasteiger partial charge in [0.2, 0.25) is 5.88 Å². The predicted molar refractivity (Wildman–Crippen MR) is 71.6 cm³/mol. The number of nitrogens with one attached hydrogen (secondary N) is 1. The van der Waals surface area contributed by atoms with Crippen molar-refractivity contribution in [3.8, 4) is 5.88 Å². The zero-order valence-electron chi connectivity index (χ0n) is 10.9. The van der Waals surface area contributed by atoms with Crippen LogP contribution in [0.25, 0.3) is 0 Å². The Morgan fingerprint density at radius 1 is 1.44 bits per heavy atom. The first-order valence-electron chi connectivity index (χ1n) is 6.72. The summed E-state index contributed by atoms with van der Waals surface area (Å²) in [7, 11) is 0. The van der Waals surface area contributed by atoms with Crippen LogP contribution < -0.4 is 15.8 Å². The van der Waals surface area contributed by atoms with Crippen molar-refractivity contribution < 1.29 is 4.74 Å². The highest BCUT2D eigenvalue weighted by molar-refractivity contribution is 5.37. The van der Waals surface area contributed by atoms with Gasteiger partial charge in [-0.3, -0.25) is 0 Å². The monoisotopic (exact) mass is 250 g/mol. The van der Waals surface area contributed by atoms with Crippen LogP contribution in [0.1, 0.15) is 32.6 Å². The molecular formula is C13H22N4O. The fraction of sp³-hybridized carbons (Fsp3) is 0.692. The number of anilines is 1. The zero-order chi connectivity index (χ0) is 12.8. The van der Waals surface area contributed by atoms with Gasteiger partial charge in [-0.15, -0.1) is 0 Å². The maximum atomic E-state index is 5.98. The number of nitrogens with zero attached hydrogens (tertiary/aromatic N) is 2. The van der Waals surface area contributed by atoms with Crippen molar-refractivity contribution in [3.63, 3.8) is 0 Å². The summed E-state index contributed by atoms with van der Waals surface area (Å²) in [5, 5.41) is 3.35. The Morgan fingerprint density at radius 2 is 2.33 bits per heavy atom. The maximum Gasteiger partial charge on any atom is 0.218 e. The molecule has 2 atom stereocenters. The van der Waals surface area contributed by atoms with Gasteiger partial charge in [-0.25, -0.2) is 9.97 Å². The third-order valence-corrected chi connectivity index (χ3v) is 3.33. The average molecular weight is 250 g/mol. The molecule has 2 rings (SSSR count). The first-order chi connectivity index (χ1) is 8.78. The summed E-state index contributed by atoms with van der Waals surface area (Å²) in [6.07, 6.45) is 6.29. The van der Waals surface area contributed by atoms with Crippen LogP contribution in [0.2, 0.25) is 0 Å². The minimum atomic E-state index is 0.370. The van der Waals surface area contributed by atoms with Crippen molar-refractivity contribution in [1.29, 1.82) is 0 Å². The van der Waals surface area contributed by atoms with Crippen LogP contribution in [-0.4, -0.2) is 29.2 Å². The molecule has 0 radical (unpaired) electrons. The summed E-state index contributed by atoms with van der Waals surface area (Å²) in [4.78, 5) is 8.23. The van der Waals surface area contributed by atoms with E-state index in [4.69, 9.17) is 10.5 Å². The van der Waals surface area contributed by atoms with E-state index in [1.165, 1.54) is 25.6 Å². The summed E-state index contributed by atoms with van der Waals surface area (Å²) < 4.78 is 5.34. The van der Waals surface area contributed by atoms with E-state index in [0.29, 0.717) is 24.4 Å². The van der Waals surface area contributed by atoms with Gasteiger partial charge in [-0.1, -0.05) is 6.42 Å². The summed E-state index contributed by atoms with van der Waals surface area (Å²) in [6, 6.07) is 2.21. The summed E-state index contributed by atoms with van der Waals surface area (Å²) >= 11 is 0. The molecule has 1 fully saturated rings. The molecular weight excluding hydrogens is 228 g/mol. The van der Waals surface area contributed by atoms with Gasteiger partial charge in [-0.05, 0) is 32.1 Å². The number of hydrogen-bond acceptors (Lipinski definition) is 5.